The molecular weight excluding hydrogens is 451 g/mol. The molecule has 0 saturated carbocycles. The molecule has 0 radical (unpaired) electrons. The predicted octanol–water partition coefficient (Wildman–Crippen LogP) is 4.67. The molecule has 1 atom stereocenters. The molecule has 0 spiro atoms. The van der Waals surface area contributed by atoms with Crippen LogP contribution in [-0.2, 0) is 4.79 Å². The van der Waals surface area contributed by atoms with Crippen molar-refractivity contribution in [2.45, 2.75) is 37.9 Å². The molecule has 1 N–H and O–H groups in total. The van der Waals surface area contributed by atoms with Crippen LogP contribution in [0.25, 0.3) is 5.69 Å². The number of aryl methyl sites for hydroxylation is 1. The summed E-state index contributed by atoms with van der Waals surface area (Å²) in [5.74, 6) is 0.493. The van der Waals surface area contributed by atoms with E-state index >= 15 is 0 Å². The van der Waals surface area contributed by atoms with Crippen LogP contribution in [0, 0.1) is 12.7 Å². The molecule has 1 fully saturated rings. The molecule has 1 aliphatic rings. The number of carbonyl (C=O) groups is 1. The maximum Gasteiger partial charge on any atom is 0.234 e. The smallest absolute Gasteiger partial charge is 0.234 e. The minimum atomic E-state index is -0.307. The molecule has 1 aromatic heterocycles. The summed E-state index contributed by atoms with van der Waals surface area (Å²) >= 11 is 1.31. The molecule has 3 aromatic rings. The van der Waals surface area contributed by atoms with Crippen molar-refractivity contribution in [2.75, 3.05) is 43.2 Å². The number of hydrogen-bond donors (Lipinski definition) is 1. The van der Waals surface area contributed by atoms with Gasteiger partial charge in [0.05, 0.1) is 11.8 Å². The Morgan fingerprint density at radius 1 is 1.12 bits per heavy atom. The molecular formula is C25H31FN6OS. The Kier molecular flexibility index (Phi) is 7.53. The van der Waals surface area contributed by atoms with Crippen molar-refractivity contribution in [1.82, 2.24) is 19.7 Å². The number of thioether (sulfide) groups is 1. The van der Waals surface area contributed by atoms with Crippen LogP contribution in [-0.4, -0.2) is 58.5 Å². The lowest BCUT2D eigenvalue weighted by Crippen LogP contribution is -2.21. The van der Waals surface area contributed by atoms with Gasteiger partial charge in [0.15, 0.2) is 11.0 Å². The molecule has 34 heavy (non-hydrogen) atoms. The number of halogens is 1. The zero-order chi connectivity index (χ0) is 24.2. The number of nitrogens with one attached hydrogen (secondary N) is 1. The van der Waals surface area contributed by atoms with E-state index in [1.165, 1.54) is 42.4 Å². The van der Waals surface area contributed by atoms with Gasteiger partial charge in [0.2, 0.25) is 5.91 Å². The van der Waals surface area contributed by atoms with Crippen LogP contribution in [0.4, 0.5) is 15.8 Å². The van der Waals surface area contributed by atoms with Gasteiger partial charge in [-0.15, -0.1) is 10.2 Å². The summed E-state index contributed by atoms with van der Waals surface area (Å²) in [6, 6.07) is 12.4. The lowest BCUT2D eigenvalue weighted by molar-refractivity contribution is -0.113. The van der Waals surface area contributed by atoms with Gasteiger partial charge in [-0.25, -0.2) is 4.39 Å². The fourth-order valence-electron chi connectivity index (χ4n) is 3.99. The highest BCUT2D eigenvalue weighted by Crippen LogP contribution is 2.28. The maximum absolute atomic E-state index is 13.5. The number of hydrogen-bond acceptors (Lipinski definition) is 6. The number of aromatic nitrogens is 3. The zero-order valence-corrected chi connectivity index (χ0v) is 20.9. The van der Waals surface area contributed by atoms with Gasteiger partial charge in [0.1, 0.15) is 5.82 Å². The Labute approximate surface area is 204 Å². The second kappa shape index (κ2) is 10.6. The first-order chi connectivity index (χ1) is 16.3. The molecule has 0 unspecified atom stereocenters. The van der Waals surface area contributed by atoms with Gasteiger partial charge in [0.25, 0.3) is 0 Å². The first-order valence-corrected chi connectivity index (χ1v) is 12.5. The fourth-order valence-corrected chi connectivity index (χ4v) is 4.74. The van der Waals surface area contributed by atoms with E-state index in [0.29, 0.717) is 5.16 Å². The lowest BCUT2D eigenvalue weighted by Gasteiger charge is -2.20. The van der Waals surface area contributed by atoms with Crippen molar-refractivity contribution in [3.8, 4) is 5.69 Å². The Morgan fingerprint density at radius 2 is 1.79 bits per heavy atom. The minimum absolute atomic E-state index is 0.0162. The van der Waals surface area contributed by atoms with Crippen LogP contribution in [0.15, 0.2) is 47.6 Å². The van der Waals surface area contributed by atoms with Gasteiger partial charge in [0, 0.05) is 30.2 Å². The zero-order valence-electron chi connectivity index (χ0n) is 20.1. The van der Waals surface area contributed by atoms with Gasteiger partial charge in [-0.05, 0) is 88.8 Å². The number of anilines is 2. The third kappa shape index (κ3) is 5.42. The maximum atomic E-state index is 13.5. The molecule has 2 heterocycles. The summed E-state index contributed by atoms with van der Waals surface area (Å²) in [5.41, 5.74) is 3.82. The standard InChI is InChI=1S/C25H31FN6OS/c1-17-15-21(31-13-5-6-14-31)11-12-22(17)27-23(33)16-34-25-29-28-24(18(2)30(3)4)32(25)20-9-7-19(26)8-10-20/h7-12,15,18H,5-6,13-14,16H2,1-4H3,(H,27,33)/t18-/m1/s1. The molecule has 1 saturated heterocycles. The third-order valence-electron chi connectivity index (χ3n) is 6.18. The molecule has 7 nitrogen and oxygen atoms in total. The highest BCUT2D eigenvalue weighted by atomic mass is 32.2. The second-order valence-corrected chi connectivity index (χ2v) is 9.76. The molecule has 1 amide bonds. The van der Waals surface area contributed by atoms with Crippen LogP contribution in [0.5, 0.6) is 0 Å². The third-order valence-corrected chi connectivity index (χ3v) is 7.11. The van der Waals surface area contributed by atoms with Gasteiger partial charge < -0.3 is 10.2 Å². The van der Waals surface area contributed by atoms with Crippen LogP contribution in [0.2, 0.25) is 0 Å². The first kappa shape index (κ1) is 24.2. The van der Waals surface area contributed by atoms with Crippen molar-refractivity contribution in [2.24, 2.45) is 0 Å². The van der Waals surface area contributed by atoms with E-state index in [0.717, 1.165) is 35.9 Å². The van der Waals surface area contributed by atoms with Crippen molar-refractivity contribution in [1.29, 1.82) is 0 Å². The van der Waals surface area contributed by atoms with Crippen molar-refractivity contribution in [3.05, 3.63) is 59.7 Å². The van der Waals surface area contributed by atoms with Gasteiger partial charge >= 0.3 is 0 Å². The summed E-state index contributed by atoms with van der Waals surface area (Å²) in [6.07, 6.45) is 2.46. The van der Waals surface area contributed by atoms with Gasteiger partial charge in [-0.3, -0.25) is 14.3 Å². The lowest BCUT2D eigenvalue weighted by atomic mass is 10.1. The quantitative estimate of drug-likeness (QED) is 0.471. The first-order valence-electron chi connectivity index (χ1n) is 11.5. The minimum Gasteiger partial charge on any atom is -0.372 e. The molecule has 0 bridgehead atoms. The van der Waals surface area contributed by atoms with E-state index in [4.69, 9.17) is 0 Å². The van der Waals surface area contributed by atoms with Crippen molar-refractivity contribution in [3.63, 3.8) is 0 Å². The molecule has 180 valence electrons. The second-order valence-electron chi connectivity index (χ2n) is 8.82. The number of amides is 1. The van der Waals surface area contributed by atoms with E-state index in [1.807, 2.05) is 43.5 Å². The molecule has 0 aliphatic carbocycles. The van der Waals surface area contributed by atoms with E-state index in [2.05, 4.69) is 32.5 Å². The SMILES string of the molecule is Cc1cc(N2CCCC2)ccc1NC(=O)CSc1nnc([C@@H](C)N(C)C)n1-c1ccc(F)cc1. The molecule has 9 heteroatoms. The fraction of sp³-hybridized carbons (Fsp3) is 0.400. The number of nitrogens with zero attached hydrogens (tertiary/aromatic N) is 5. The summed E-state index contributed by atoms with van der Waals surface area (Å²) < 4.78 is 15.4. The summed E-state index contributed by atoms with van der Waals surface area (Å²) in [6.45, 7) is 6.22. The largest absolute Gasteiger partial charge is 0.372 e. The molecule has 2 aromatic carbocycles. The van der Waals surface area contributed by atoms with Crippen molar-refractivity contribution >= 4 is 29.0 Å². The summed E-state index contributed by atoms with van der Waals surface area (Å²) in [7, 11) is 3.93. The monoisotopic (exact) mass is 482 g/mol. The molecule has 4 rings (SSSR count). The van der Waals surface area contributed by atoms with Gasteiger partial charge in [-0.2, -0.15) is 0 Å². The Bertz CT molecular complexity index is 1140. The Hall–Kier alpha value is -2.91. The topological polar surface area (TPSA) is 66.3 Å². The van der Waals surface area contributed by atoms with Crippen LogP contribution in [0.1, 0.15) is 37.2 Å². The van der Waals surface area contributed by atoms with Crippen molar-refractivity contribution < 1.29 is 9.18 Å². The van der Waals surface area contributed by atoms with E-state index in [1.54, 1.807) is 12.1 Å². The summed E-state index contributed by atoms with van der Waals surface area (Å²) in [4.78, 5) is 17.2. The van der Waals surface area contributed by atoms with Gasteiger partial charge in [-0.1, -0.05) is 11.8 Å². The van der Waals surface area contributed by atoms with Crippen LogP contribution >= 0.6 is 11.8 Å². The van der Waals surface area contributed by atoms with E-state index in [9.17, 15) is 9.18 Å². The van der Waals surface area contributed by atoms with Crippen LogP contribution < -0.4 is 10.2 Å². The van der Waals surface area contributed by atoms with E-state index in [-0.39, 0.29) is 23.5 Å². The Balaban J connectivity index is 1.47. The molecule has 1 aliphatic heterocycles. The number of benzene rings is 2. The van der Waals surface area contributed by atoms with E-state index < -0.39 is 0 Å². The Morgan fingerprint density at radius 3 is 2.44 bits per heavy atom. The highest BCUT2D eigenvalue weighted by Gasteiger charge is 2.22. The number of rotatable bonds is 8. The summed E-state index contributed by atoms with van der Waals surface area (Å²) in [5, 5.41) is 12.3. The number of carbonyl (C=O) groups excluding carboxylic acids is 1. The van der Waals surface area contributed by atoms with Crippen LogP contribution in [0.3, 0.4) is 0 Å². The average molecular weight is 483 g/mol. The predicted molar refractivity (Wildman–Crippen MR) is 135 cm³/mol. The average Bonchev–Trinajstić information content (AvgIpc) is 3.49. The highest BCUT2D eigenvalue weighted by molar-refractivity contribution is 7.99. The normalized spacial score (nSPS) is 14.6.